The van der Waals surface area contributed by atoms with E-state index < -0.39 is 41.1 Å². The maximum atomic E-state index is 14.3. The summed E-state index contributed by atoms with van der Waals surface area (Å²) in [7, 11) is 0. The first-order chi connectivity index (χ1) is 18.2. The SMILES string of the molecule is C=CCCCOC(=O)[C@@H]1[C@H]2C(=O)N([C@H](C)CO)C(C(=O)N(CC=C)CCN3CCOCC3)C23CC[C@@]1(C)O3. The van der Waals surface area contributed by atoms with Crippen LogP contribution in [0.3, 0.4) is 0 Å². The van der Waals surface area contributed by atoms with E-state index >= 15 is 0 Å². The van der Waals surface area contributed by atoms with Crippen LogP contribution in [-0.4, -0.2) is 120 Å². The summed E-state index contributed by atoms with van der Waals surface area (Å²) in [6.07, 6.45) is 5.85. The van der Waals surface area contributed by atoms with Crippen LogP contribution >= 0.6 is 0 Å². The molecule has 4 aliphatic heterocycles. The zero-order valence-electron chi connectivity index (χ0n) is 22.8. The number of morpholine rings is 1. The lowest BCUT2D eigenvalue weighted by atomic mass is 9.66. The van der Waals surface area contributed by atoms with Crippen LogP contribution in [0.1, 0.15) is 39.5 Å². The van der Waals surface area contributed by atoms with E-state index in [0.717, 1.165) is 19.5 Å². The van der Waals surface area contributed by atoms with Crippen molar-refractivity contribution in [3.63, 3.8) is 0 Å². The van der Waals surface area contributed by atoms with Gasteiger partial charge in [0.05, 0.1) is 44.0 Å². The number of nitrogens with zero attached hydrogens (tertiary/aromatic N) is 3. The lowest BCUT2D eigenvalue weighted by Crippen LogP contribution is -2.59. The van der Waals surface area contributed by atoms with Gasteiger partial charge in [0, 0.05) is 32.7 Å². The highest BCUT2D eigenvalue weighted by molar-refractivity contribution is 5.98. The third-order valence-electron chi connectivity index (χ3n) is 8.69. The molecule has 0 saturated carbocycles. The Morgan fingerprint density at radius 1 is 1.26 bits per heavy atom. The minimum Gasteiger partial charge on any atom is -0.465 e. The van der Waals surface area contributed by atoms with E-state index in [1.807, 2.05) is 6.92 Å². The number of carbonyl (C=O) groups excluding carboxylic acids is 3. The van der Waals surface area contributed by atoms with E-state index in [0.29, 0.717) is 52.1 Å². The molecule has 4 heterocycles. The maximum absolute atomic E-state index is 14.3. The predicted molar refractivity (Wildman–Crippen MR) is 140 cm³/mol. The van der Waals surface area contributed by atoms with Gasteiger partial charge in [-0.25, -0.2) is 0 Å². The van der Waals surface area contributed by atoms with Crippen molar-refractivity contribution in [2.24, 2.45) is 11.8 Å². The quantitative estimate of drug-likeness (QED) is 0.212. The number of unbranched alkanes of at least 4 members (excludes halogenated alkanes) is 1. The van der Waals surface area contributed by atoms with Crippen LogP contribution in [0.15, 0.2) is 25.3 Å². The number of likely N-dealkylation sites (tertiary alicyclic amines) is 1. The first-order valence-corrected chi connectivity index (χ1v) is 13.8. The number of hydrogen-bond donors (Lipinski definition) is 1. The average Bonchev–Trinajstić information content (AvgIpc) is 3.49. The molecule has 0 aromatic rings. The Morgan fingerprint density at radius 2 is 2.00 bits per heavy atom. The molecule has 0 aromatic heterocycles. The van der Waals surface area contributed by atoms with Crippen LogP contribution in [0.25, 0.3) is 0 Å². The number of esters is 1. The number of fused-ring (bicyclic) bond motifs is 1. The van der Waals surface area contributed by atoms with Gasteiger partial charge in [-0.1, -0.05) is 12.2 Å². The Hall–Kier alpha value is -2.27. The lowest BCUT2D eigenvalue weighted by Gasteiger charge is -2.39. The van der Waals surface area contributed by atoms with E-state index in [1.54, 1.807) is 24.0 Å². The molecular formula is C28H43N3O7. The van der Waals surface area contributed by atoms with Gasteiger partial charge < -0.3 is 29.1 Å². The predicted octanol–water partition coefficient (Wildman–Crippen LogP) is 0.988. The Balaban J connectivity index is 1.62. The molecule has 38 heavy (non-hydrogen) atoms. The zero-order chi connectivity index (χ0) is 27.5. The molecule has 1 N–H and O–H groups in total. The molecule has 0 radical (unpaired) electrons. The first-order valence-electron chi connectivity index (χ1n) is 13.8. The molecule has 2 unspecified atom stereocenters. The molecule has 4 aliphatic rings. The summed E-state index contributed by atoms with van der Waals surface area (Å²) in [6.45, 7) is 15.4. The number of hydrogen-bond acceptors (Lipinski definition) is 8. The topological polar surface area (TPSA) is 109 Å². The largest absolute Gasteiger partial charge is 0.465 e. The molecule has 212 valence electrons. The molecule has 0 aromatic carbocycles. The number of allylic oxidation sites excluding steroid dienone is 1. The first kappa shape index (κ1) is 28.7. The van der Waals surface area contributed by atoms with Crippen molar-refractivity contribution in [2.45, 2.75) is 62.8 Å². The normalized spacial score (nSPS) is 33.2. The van der Waals surface area contributed by atoms with Gasteiger partial charge >= 0.3 is 5.97 Å². The van der Waals surface area contributed by atoms with Crippen molar-refractivity contribution < 1.29 is 33.7 Å². The molecule has 10 heteroatoms. The molecule has 4 saturated heterocycles. The highest BCUT2D eigenvalue weighted by Gasteiger charge is 2.78. The average molecular weight is 534 g/mol. The Bertz CT molecular complexity index is 922. The van der Waals surface area contributed by atoms with Crippen molar-refractivity contribution in [2.75, 3.05) is 59.2 Å². The Labute approximate surface area is 225 Å². The maximum Gasteiger partial charge on any atom is 0.312 e. The summed E-state index contributed by atoms with van der Waals surface area (Å²) in [5.74, 6) is -2.66. The van der Waals surface area contributed by atoms with Gasteiger partial charge in [0.2, 0.25) is 11.8 Å². The molecule has 10 nitrogen and oxygen atoms in total. The monoisotopic (exact) mass is 533 g/mol. The summed E-state index contributed by atoms with van der Waals surface area (Å²) in [4.78, 5) is 47.1. The van der Waals surface area contributed by atoms with Gasteiger partial charge in [-0.05, 0) is 39.5 Å². The van der Waals surface area contributed by atoms with Gasteiger partial charge in [0.1, 0.15) is 17.6 Å². The van der Waals surface area contributed by atoms with Crippen molar-refractivity contribution in [3.05, 3.63) is 25.3 Å². The van der Waals surface area contributed by atoms with Gasteiger partial charge in [-0.2, -0.15) is 0 Å². The summed E-state index contributed by atoms with van der Waals surface area (Å²) in [6, 6.07) is -1.55. The second-order valence-corrected chi connectivity index (χ2v) is 11.1. The summed E-state index contributed by atoms with van der Waals surface area (Å²) >= 11 is 0. The van der Waals surface area contributed by atoms with Gasteiger partial charge in [-0.3, -0.25) is 19.3 Å². The summed E-state index contributed by atoms with van der Waals surface area (Å²) in [5.41, 5.74) is -2.03. The zero-order valence-corrected chi connectivity index (χ0v) is 22.8. The number of rotatable bonds is 13. The fourth-order valence-corrected chi connectivity index (χ4v) is 6.76. The van der Waals surface area contributed by atoms with Crippen LogP contribution < -0.4 is 0 Å². The van der Waals surface area contributed by atoms with E-state index in [9.17, 15) is 19.5 Å². The molecule has 6 atom stereocenters. The standard InChI is InChI=1S/C28H43N3O7/c1-5-7-8-16-37-26(35)22-21-24(33)31(20(3)19-32)23(28(21)10-9-27(22,4)38-28)25(34)30(11-6-2)13-12-29-14-17-36-18-15-29/h5-6,20-23,32H,1-2,7-19H2,3-4H3/t20-,21+,22+,23?,27-,28?/m1/s1. The minimum atomic E-state index is -1.14. The van der Waals surface area contributed by atoms with Crippen LogP contribution in [0.4, 0.5) is 0 Å². The smallest absolute Gasteiger partial charge is 0.312 e. The summed E-state index contributed by atoms with van der Waals surface area (Å²) in [5, 5.41) is 10.1. The number of aliphatic hydroxyl groups excluding tert-OH is 1. The highest BCUT2D eigenvalue weighted by Crippen LogP contribution is 2.63. The fourth-order valence-electron chi connectivity index (χ4n) is 6.76. The Morgan fingerprint density at radius 3 is 2.66 bits per heavy atom. The van der Waals surface area contributed by atoms with Gasteiger partial charge in [-0.15, -0.1) is 13.2 Å². The van der Waals surface area contributed by atoms with Crippen LogP contribution in [0.5, 0.6) is 0 Å². The minimum absolute atomic E-state index is 0.235. The molecule has 2 amide bonds. The third kappa shape index (κ3) is 5.03. The lowest BCUT2D eigenvalue weighted by molar-refractivity contribution is -0.161. The third-order valence-corrected chi connectivity index (χ3v) is 8.69. The van der Waals surface area contributed by atoms with E-state index in [2.05, 4.69) is 18.1 Å². The summed E-state index contributed by atoms with van der Waals surface area (Å²) < 4.78 is 17.7. The van der Waals surface area contributed by atoms with Crippen molar-refractivity contribution in [3.8, 4) is 0 Å². The van der Waals surface area contributed by atoms with Crippen molar-refractivity contribution >= 4 is 17.8 Å². The number of ether oxygens (including phenoxy) is 3. The second kappa shape index (κ2) is 11.9. The molecule has 2 bridgehead atoms. The number of aliphatic hydroxyl groups is 1. The van der Waals surface area contributed by atoms with Crippen molar-refractivity contribution in [1.82, 2.24) is 14.7 Å². The van der Waals surface area contributed by atoms with E-state index in [1.165, 1.54) is 4.90 Å². The van der Waals surface area contributed by atoms with Gasteiger partial charge in [0.25, 0.3) is 0 Å². The highest BCUT2D eigenvalue weighted by atomic mass is 16.6. The van der Waals surface area contributed by atoms with E-state index in [4.69, 9.17) is 14.2 Å². The van der Waals surface area contributed by atoms with Crippen LogP contribution in [0, 0.1) is 11.8 Å². The second-order valence-electron chi connectivity index (χ2n) is 11.1. The van der Waals surface area contributed by atoms with Gasteiger partial charge in [0.15, 0.2) is 0 Å². The van der Waals surface area contributed by atoms with Crippen LogP contribution in [0.2, 0.25) is 0 Å². The molecule has 0 aliphatic carbocycles. The Kier molecular flexibility index (Phi) is 8.96. The number of amides is 2. The van der Waals surface area contributed by atoms with Crippen molar-refractivity contribution in [1.29, 1.82) is 0 Å². The fraction of sp³-hybridized carbons (Fsp3) is 0.750. The molecule has 4 rings (SSSR count). The van der Waals surface area contributed by atoms with E-state index in [-0.39, 0.29) is 25.0 Å². The number of carbonyl (C=O) groups is 3. The molecule has 1 spiro atoms. The molecule has 4 fully saturated rings. The van der Waals surface area contributed by atoms with Crippen LogP contribution in [-0.2, 0) is 28.6 Å². The molecular weight excluding hydrogens is 490 g/mol.